The van der Waals surface area contributed by atoms with E-state index < -0.39 is 10.8 Å². The van der Waals surface area contributed by atoms with E-state index in [0.717, 1.165) is 15.6 Å². The first-order chi connectivity index (χ1) is 14.0. The second-order valence-corrected chi connectivity index (χ2v) is 6.80. The van der Waals surface area contributed by atoms with Crippen molar-refractivity contribution in [2.24, 2.45) is 5.10 Å². The van der Waals surface area contributed by atoms with Crippen LogP contribution >= 0.6 is 15.9 Å². The number of ether oxygens (including phenoxy) is 1. The summed E-state index contributed by atoms with van der Waals surface area (Å²) in [5, 5.41) is 14.5. The van der Waals surface area contributed by atoms with Gasteiger partial charge in [0.05, 0.1) is 15.6 Å². The van der Waals surface area contributed by atoms with Gasteiger partial charge in [0, 0.05) is 17.7 Å². The number of rotatable bonds is 7. The van der Waals surface area contributed by atoms with Gasteiger partial charge in [-0.15, -0.1) is 0 Å². The number of hydrogen-bond acceptors (Lipinski definition) is 5. The second kappa shape index (κ2) is 9.61. The van der Waals surface area contributed by atoms with Crippen molar-refractivity contribution in [1.29, 1.82) is 0 Å². The van der Waals surface area contributed by atoms with Crippen LogP contribution in [0.1, 0.15) is 5.56 Å². The van der Waals surface area contributed by atoms with Crippen molar-refractivity contribution >= 4 is 33.7 Å². The average molecular weight is 454 g/mol. The van der Waals surface area contributed by atoms with Crippen LogP contribution in [0.15, 0.2) is 82.4 Å². The van der Waals surface area contributed by atoms with Crippen LogP contribution in [0.3, 0.4) is 0 Å². The third kappa shape index (κ3) is 5.73. The summed E-state index contributed by atoms with van der Waals surface area (Å²) in [5.74, 6) is 0.0770. The second-order valence-electron chi connectivity index (χ2n) is 5.95. The lowest BCUT2D eigenvalue weighted by Gasteiger charge is -2.09. The first-order valence-electron chi connectivity index (χ1n) is 8.57. The molecule has 0 saturated heterocycles. The Labute approximate surface area is 175 Å². The number of carbonyl (C=O) groups is 1. The molecule has 0 aromatic heterocycles. The zero-order chi connectivity index (χ0) is 20.6. The largest absolute Gasteiger partial charge is 0.483 e. The van der Waals surface area contributed by atoms with Crippen LogP contribution in [0.25, 0.3) is 11.1 Å². The number of nitro benzene ring substituents is 1. The van der Waals surface area contributed by atoms with Gasteiger partial charge in [-0.05, 0) is 39.2 Å². The number of amides is 1. The van der Waals surface area contributed by atoms with E-state index >= 15 is 0 Å². The van der Waals surface area contributed by atoms with Crippen molar-refractivity contribution in [2.45, 2.75) is 0 Å². The van der Waals surface area contributed by atoms with Crippen molar-refractivity contribution in [3.8, 4) is 16.9 Å². The van der Waals surface area contributed by atoms with Crippen LogP contribution in [0.4, 0.5) is 5.69 Å². The molecule has 29 heavy (non-hydrogen) atoms. The zero-order valence-electron chi connectivity index (χ0n) is 15.1. The molecule has 0 unspecified atom stereocenters. The minimum Gasteiger partial charge on any atom is -0.483 e. The number of nitrogens with zero attached hydrogens (tertiary/aromatic N) is 2. The Kier molecular flexibility index (Phi) is 6.70. The van der Waals surface area contributed by atoms with Gasteiger partial charge >= 0.3 is 0 Å². The molecule has 7 nitrogen and oxygen atoms in total. The molecule has 146 valence electrons. The molecule has 1 amide bonds. The fraction of sp³-hybridized carbons (Fsp3) is 0.0476. The summed E-state index contributed by atoms with van der Waals surface area (Å²) in [6.45, 7) is -0.227. The normalized spacial score (nSPS) is 10.7. The minimum absolute atomic E-state index is 0.0487. The van der Waals surface area contributed by atoms with Crippen LogP contribution in [0.5, 0.6) is 5.75 Å². The highest BCUT2D eigenvalue weighted by molar-refractivity contribution is 9.10. The standard InChI is InChI=1S/C21H16BrN3O4/c22-19-12-17(16-6-2-1-3-7-16)9-10-20(19)29-14-21(26)24-23-13-15-5-4-8-18(11-15)25(27)28/h1-13H,14H2,(H,24,26)/b23-13+. The fourth-order valence-electron chi connectivity index (χ4n) is 2.50. The summed E-state index contributed by atoms with van der Waals surface area (Å²) < 4.78 is 6.25. The highest BCUT2D eigenvalue weighted by atomic mass is 79.9. The van der Waals surface area contributed by atoms with Gasteiger partial charge in [-0.3, -0.25) is 14.9 Å². The maximum atomic E-state index is 11.9. The van der Waals surface area contributed by atoms with Gasteiger partial charge in [0.1, 0.15) is 5.75 Å². The Bertz CT molecular complexity index is 1050. The van der Waals surface area contributed by atoms with Gasteiger partial charge in [0.2, 0.25) is 0 Å². The molecule has 0 saturated carbocycles. The molecule has 3 aromatic rings. The van der Waals surface area contributed by atoms with E-state index in [1.807, 2.05) is 42.5 Å². The number of benzene rings is 3. The van der Waals surface area contributed by atoms with Gasteiger partial charge in [0.25, 0.3) is 11.6 Å². The molecule has 0 spiro atoms. The average Bonchev–Trinajstić information content (AvgIpc) is 2.73. The van der Waals surface area contributed by atoms with E-state index in [9.17, 15) is 14.9 Å². The van der Waals surface area contributed by atoms with Crippen molar-refractivity contribution in [1.82, 2.24) is 5.43 Å². The van der Waals surface area contributed by atoms with E-state index in [1.54, 1.807) is 18.2 Å². The maximum Gasteiger partial charge on any atom is 0.277 e. The van der Waals surface area contributed by atoms with Crippen molar-refractivity contribution in [2.75, 3.05) is 6.61 Å². The van der Waals surface area contributed by atoms with Gasteiger partial charge in [0.15, 0.2) is 6.61 Å². The van der Waals surface area contributed by atoms with E-state index in [1.165, 1.54) is 18.3 Å². The smallest absolute Gasteiger partial charge is 0.277 e. The molecular formula is C21H16BrN3O4. The number of non-ortho nitro benzene ring substituents is 1. The first-order valence-corrected chi connectivity index (χ1v) is 9.36. The third-order valence-electron chi connectivity index (χ3n) is 3.88. The SMILES string of the molecule is O=C(COc1ccc(-c2ccccc2)cc1Br)N/N=C/c1cccc([N+](=O)[O-])c1. The van der Waals surface area contributed by atoms with Crippen molar-refractivity contribution in [3.05, 3.63) is 92.9 Å². The van der Waals surface area contributed by atoms with Gasteiger partial charge in [-0.2, -0.15) is 5.10 Å². The monoisotopic (exact) mass is 453 g/mol. The van der Waals surface area contributed by atoms with Crippen LogP contribution in [-0.4, -0.2) is 23.7 Å². The van der Waals surface area contributed by atoms with E-state index in [-0.39, 0.29) is 12.3 Å². The molecule has 1 N–H and O–H groups in total. The molecule has 0 radical (unpaired) electrons. The predicted octanol–water partition coefficient (Wildman–Crippen LogP) is 4.55. The van der Waals surface area contributed by atoms with Crippen molar-refractivity contribution in [3.63, 3.8) is 0 Å². The summed E-state index contributed by atoms with van der Waals surface area (Å²) in [6, 6.07) is 21.4. The molecule has 3 aromatic carbocycles. The quantitative estimate of drug-likeness (QED) is 0.322. The highest BCUT2D eigenvalue weighted by Gasteiger charge is 2.08. The Balaban J connectivity index is 1.54. The lowest BCUT2D eigenvalue weighted by Crippen LogP contribution is -2.24. The molecule has 0 heterocycles. The zero-order valence-corrected chi connectivity index (χ0v) is 16.7. The Morgan fingerprint density at radius 2 is 1.86 bits per heavy atom. The molecular weight excluding hydrogens is 438 g/mol. The molecule has 3 rings (SSSR count). The van der Waals surface area contributed by atoms with Crippen LogP contribution in [-0.2, 0) is 4.79 Å². The minimum atomic E-state index is -0.495. The number of halogens is 1. The van der Waals surface area contributed by atoms with Gasteiger partial charge in [-0.1, -0.05) is 48.5 Å². The van der Waals surface area contributed by atoms with E-state index in [0.29, 0.717) is 11.3 Å². The molecule has 0 fully saturated rings. The molecule has 8 heteroatoms. The maximum absolute atomic E-state index is 11.9. The lowest BCUT2D eigenvalue weighted by atomic mass is 10.1. The number of nitro groups is 1. The Hall–Kier alpha value is -3.52. The molecule has 0 aliphatic rings. The molecule has 0 aliphatic heterocycles. The van der Waals surface area contributed by atoms with E-state index in [4.69, 9.17) is 4.74 Å². The fourth-order valence-corrected chi connectivity index (χ4v) is 2.99. The molecule has 0 atom stereocenters. The van der Waals surface area contributed by atoms with Crippen molar-refractivity contribution < 1.29 is 14.5 Å². The first kappa shape index (κ1) is 20.2. The summed E-state index contributed by atoms with van der Waals surface area (Å²) in [6.07, 6.45) is 1.33. The number of carbonyl (C=O) groups excluding carboxylic acids is 1. The predicted molar refractivity (Wildman–Crippen MR) is 114 cm³/mol. The van der Waals surface area contributed by atoms with Crippen LogP contribution < -0.4 is 10.2 Å². The summed E-state index contributed by atoms with van der Waals surface area (Å²) in [5.41, 5.74) is 4.88. The lowest BCUT2D eigenvalue weighted by molar-refractivity contribution is -0.384. The Morgan fingerprint density at radius 1 is 1.07 bits per heavy atom. The summed E-state index contributed by atoms with van der Waals surface area (Å²) in [4.78, 5) is 22.2. The summed E-state index contributed by atoms with van der Waals surface area (Å²) in [7, 11) is 0. The van der Waals surface area contributed by atoms with Crippen LogP contribution in [0, 0.1) is 10.1 Å². The van der Waals surface area contributed by atoms with Crippen LogP contribution in [0.2, 0.25) is 0 Å². The topological polar surface area (TPSA) is 93.8 Å². The summed E-state index contributed by atoms with van der Waals surface area (Å²) >= 11 is 3.45. The van der Waals surface area contributed by atoms with Gasteiger partial charge < -0.3 is 4.74 Å². The number of hydrazone groups is 1. The highest BCUT2D eigenvalue weighted by Crippen LogP contribution is 2.30. The van der Waals surface area contributed by atoms with Gasteiger partial charge in [-0.25, -0.2) is 5.43 Å². The van der Waals surface area contributed by atoms with E-state index in [2.05, 4.69) is 26.5 Å². The molecule has 0 bridgehead atoms. The number of hydrogen-bond donors (Lipinski definition) is 1. The Morgan fingerprint density at radius 3 is 2.59 bits per heavy atom. The molecule has 0 aliphatic carbocycles. The number of nitrogens with one attached hydrogen (secondary N) is 1. The third-order valence-corrected chi connectivity index (χ3v) is 4.50.